The van der Waals surface area contributed by atoms with Gasteiger partial charge in [-0.2, -0.15) is 0 Å². The first-order chi connectivity index (χ1) is 14.9. The molecule has 1 fully saturated rings. The van der Waals surface area contributed by atoms with Crippen LogP contribution in [0.2, 0.25) is 0 Å². The van der Waals surface area contributed by atoms with E-state index >= 15 is 0 Å². The van der Waals surface area contributed by atoms with Crippen molar-refractivity contribution >= 4 is 17.7 Å². The number of phenols is 1. The van der Waals surface area contributed by atoms with E-state index in [2.05, 4.69) is 5.32 Å². The summed E-state index contributed by atoms with van der Waals surface area (Å²) in [6.07, 6.45) is 0.124. The summed E-state index contributed by atoms with van der Waals surface area (Å²) in [6, 6.07) is 13.2. The molecule has 1 aliphatic heterocycles. The van der Waals surface area contributed by atoms with Gasteiger partial charge in [-0.3, -0.25) is 14.4 Å². The second kappa shape index (κ2) is 9.97. The van der Waals surface area contributed by atoms with Crippen molar-refractivity contribution in [3.63, 3.8) is 0 Å². The van der Waals surface area contributed by atoms with Gasteiger partial charge in [-0.05, 0) is 29.8 Å². The largest absolute Gasteiger partial charge is 0.507 e. The fourth-order valence-corrected chi connectivity index (χ4v) is 3.62. The first kappa shape index (κ1) is 22.1. The quantitative estimate of drug-likeness (QED) is 0.737. The molecule has 164 valence electrons. The number of benzene rings is 2. The van der Waals surface area contributed by atoms with Crippen LogP contribution in [0.4, 0.5) is 0 Å². The number of para-hydroxylation sites is 1. The average molecular weight is 425 g/mol. The molecule has 8 nitrogen and oxygen atoms in total. The Morgan fingerprint density at radius 3 is 2.19 bits per heavy atom. The summed E-state index contributed by atoms with van der Waals surface area (Å²) in [6.45, 7) is 2.98. The Balaban J connectivity index is 1.61. The Morgan fingerprint density at radius 1 is 1.00 bits per heavy atom. The molecule has 2 aromatic rings. The second-order valence-electron chi connectivity index (χ2n) is 7.42. The van der Waals surface area contributed by atoms with Crippen molar-refractivity contribution in [2.45, 2.75) is 19.4 Å². The molecule has 0 radical (unpaired) electrons. The lowest BCUT2D eigenvalue weighted by Gasteiger charge is -2.35. The normalized spacial score (nSPS) is 14.6. The standard InChI is InChI=1S/C23H27N3O5/c1-16(27)24-20(17-7-9-18(31-2)10-8-17)15-22(29)25-11-13-26(14-12-25)23(30)19-5-3-4-6-21(19)28/h3-10,20,28H,11-15H2,1-2H3,(H,24,27). The first-order valence-corrected chi connectivity index (χ1v) is 10.1. The molecule has 3 amide bonds. The van der Waals surface area contributed by atoms with Crippen molar-refractivity contribution in [1.82, 2.24) is 15.1 Å². The fraction of sp³-hybridized carbons (Fsp3) is 0.348. The molecule has 31 heavy (non-hydrogen) atoms. The molecule has 0 saturated carbocycles. The van der Waals surface area contributed by atoms with Gasteiger partial charge < -0.3 is 25.0 Å². The number of ether oxygens (including phenoxy) is 1. The molecule has 1 atom stereocenters. The fourth-order valence-electron chi connectivity index (χ4n) is 3.62. The van der Waals surface area contributed by atoms with Crippen LogP contribution in [0.5, 0.6) is 11.5 Å². The highest BCUT2D eigenvalue weighted by molar-refractivity contribution is 5.97. The second-order valence-corrected chi connectivity index (χ2v) is 7.42. The molecule has 1 heterocycles. The lowest BCUT2D eigenvalue weighted by molar-refractivity contribution is -0.133. The van der Waals surface area contributed by atoms with Crippen molar-refractivity contribution in [2.75, 3.05) is 33.3 Å². The summed E-state index contributed by atoms with van der Waals surface area (Å²) >= 11 is 0. The predicted molar refractivity (Wildman–Crippen MR) is 115 cm³/mol. The number of aromatic hydroxyl groups is 1. The van der Waals surface area contributed by atoms with E-state index in [9.17, 15) is 19.5 Å². The maximum absolute atomic E-state index is 12.9. The van der Waals surface area contributed by atoms with Crippen LogP contribution < -0.4 is 10.1 Å². The molecular formula is C23H27N3O5. The van der Waals surface area contributed by atoms with Crippen LogP contribution in [-0.2, 0) is 9.59 Å². The predicted octanol–water partition coefficient (Wildman–Crippen LogP) is 1.95. The van der Waals surface area contributed by atoms with Gasteiger partial charge in [-0.1, -0.05) is 24.3 Å². The van der Waals surface area contributed by atoms with Gasteiger partial charge in [-0.25, -0.2) is 0 Å². The average Bonchev–Trinajstić information content (AvgIpc) is 2.78. The zero-order valence-corrected chi connectivity index (χ0v) is 17.7. The van der Waals surface area contributed by atoms with Gasteiger partial charge in [0, 0.05) is 33.1 Å². The smallest absolute Gasteiger partial charge is 0.257 e. The zero-order valence-electron chi connectivity index (χ0n) is 17.7. The number of hydrogen-bond acceptors (Lipinski definition) is 5. The van der Waals surface area contributed by atoms with Crippen molar-refractivity contribution in [3.8, 4) is 11.5 Å². The number of hydrogen-bond donors (Lipinski definition) is 2. The van der Waals surface area contributed by atoms with Crippen LogP contribution in [0.15, 0.2) is 48.5 Å². The summed E-state index contributed by atoms with van der Waals surface area (Å²) < 4.78 is 5.16. The van der Waals surface area contributed by atoms with Gasteiger partial charge in [-0.15, -0.1) is 0 Å². The number of carbonyl (C=O) groups is 3. The van der Waals surface area contributed by atoms with Crippen molar-refractivity contribution in [3.05, 3.63) is 59.7 Å². The van der Waals surface area contributed by atoms with Gasteiger partial charge in [0.05, 0.1) is 25.1 Å². The molecule has 0 aliphatic carbocycles. The SMILES string of the molecule is COc1ccc(C(CC(=O)N2CCN(C(=O)c3ccccc3O)CC2)NC(C)=O)cc1. The highest BCUT2D eigenvalue weighted by atomic mass is 16.5. The molecular weight excluding hydrogens is 398 g/mol. The Morgan fingerprint density at radius 2 is 1.61 bits per heavy atom. The van der Waals surface area contributed by atoms with Gasteiger partial charge >= 0.3 is 0 Å². The molecule has 0 bridgehead atoms. The molecule has 1 aliphatic rings. The van der Waals surface area contributed by atoms with Crippen LogP contribution in [0.25, 0.3) is 0 Å². The van der Waals surface area contributed by atoms with Crippen LogP contribution in [0.1, 0.15) is 35.3 Å². The Kier molecular flexibility index (Phi) is 7.12. The minimum Gasteiger partial charge on any atom is -0.507 e. The van der Waals surface area contributed by atoms with Crippen molar-refractivity contribution in [2.24, 2.45) is 0 Å². The van der Waals surface area contributed by atoms with Crippen molar-refractivity contribution < 1.29 is 24.2 Å². The maximum atomic E-state index is 12.9. The summed E-state index contributed by atoms with van der Waals surface area (Å²) in [7, 11) is 1.58. The highest BCUT2D eigenvalue weighted by Gasteiger charge is 2.28. The third kappa shape index (κ3) is 5.53. The number of amides is 3. The van der Waals surface area contributed by atoms with E-state index < -0.39 is 6.04 Å². The molecule has 3 rings (SSSR count). The van der Waals surface area contributed by atoms with E-state index in [1.54, 1.807) is 47.2 Å². The summed E-state index contributed by atoms with van der Waals surface area (Å²) in [5, 5.41) is 12.7. The molecule has 2 aromatic carbocycles. The monoisotopic (exact) mass is 425 g/mol. The molecule has 1 unspecified atom stereocenters. The van der Waals surface area contributed by atoms with Gasteiger partial charge in [0.25, 0.3) is 5.91 Å². The van der Waals surface area contributed by atoms with E-state index in [1.165, 1.54) is 13.0 Å². The molecule has 0 spiro atoms. The number of nitrogens with zero attached hydrogens (tertiary/aromatic N) is 2. The molecule has 1 saturated heterocycles. The Bertz CT molecular complexity index is 936. The third-order valence-electron chi connectivity index (χ3n) is 5.33. The van der Waals surface area contributed by atoms with Crippen LogP contribution >= 0.6 is 0 Å². The summed E-state index contributed by atoms with van der Waals surface area (Å²) in [4.78, 5) is 40.5. The lowest BCUT2D eigenvalue weighted by atomic mass is 10.0. The minimum atomic E-state index is -0.447. The third-order valence-corrected chi connectivity index (χ3v) is 5.33. The van der Waals surface area contributed by atoms with E-state index in [0.717, 1.165) is 5.56 Å². The number of phenolic OH excluding ortho intramolecular Hbond substituents is 1. The summed E-state index contributed by atoms with van der Waals surface area (Å²) in [5.41, 5.74) is 1.07. The van der Waals surface area contributed by atoms with E-state index in [-0.39, 0.29) is 35.5 Å². The number of nitrogens with one attached hydrogen (secondary N) is 1. The van der Waals surface area contributed by atoms with Crippen LogP contribution in [0, 0.1) is 0 Å². The van der Waals surface area contributed by atoms with E-state index in [1.807, 2.05) is 12.1 Å². The Hall–Kier alpha value is -3.55. The van der Waals surface area contributed by atoms with Crippen molar-refractivity contribution in [1.29, 1.82) is 0 Å². The lowest BCUT2D eigenvalue weighted by Crippen LogP contribution is -2.51. The van der Waals surface area contributed by atoms with E-state index in [4.69, 9.17) is 4.74 Å². The molecule has 2 N–H and O–H groups in total. The maximum Gasteiger partial charge on any atom is 0.257 e. The van der Waals surface area contributed by atoms with Crippen LogP contribution in [-0.4, -0.2) is 65.9 Å². The highest BCUT2D eigenvalue weighted by Crippen LogP contribution is 2.23. The minimum absolute atomic E-state index is 0.0522. The van der Waals surface area contributed by atoms with Gasteiger partial charge in [0.15, 0.2) is 0 Å². The van der Waals surface area contributed by atoms with E-state index in [0.29, 0.717) is 31.9 Å². The number of methoxy groups -OCH3 is 1. The van der Waals surface area contributed by atoms with Gasteiger partial charge in [0.2, 0.25) is 11.8 Å². The number of carbonyl (C=O) groups excluding carboxylic acids is 3. The van der Waals surface area contributed by atoms with Crippen LogP contribution in [0.3, 0.4) is 0 Å². The zero-order chi connectivity index (χ0) is 22.4. The van der Waals surface area contributed by atoms with Gasteiger partial charge in [0.1, 0.15) is 11.5 Å². The molecule has 8 heteroatoms. The number of piperazine rings is 1. The number of rotatable bonds is 6. The molecule has 0 aromatic heterocycles. The Labute approximate surface area is 181 Å². The summed E-state index contributed by atoms with van der Waals surface area (Å²) in [5.74, 6) is 0.0843. The first-order valence-electron chi connectivity index (χ1n) is 10.1. The topological polar surface area (TPSA) is 99.2 Å².